The van der Waals surface area contributed by atoms with E-state index in [1.807, 2.05) is 18.2 Å². The van der Waals surface area contributed by atoms with Crippen LogP contribution in [0.3, 0.4) is 0 Å². The lowest BCUT2D eigenvalue weighted by Crippen LogP contribution is -2.50. The molecule has 0 radical (unpaired) electrons. The van der Waals surface area contributed by atoms with Crippen molar-refractivity contribution >= 4 is 45.9 Å². The van der Waals surface area contributed by atoms with Gasteiger partial charge in [0.15, 0.2) is 11.3 Å². The van der Waals surface area contributed by atoms with E-state index in [0.29, 0.717) is 36.4 Å². The molecule has 2 saturated carbocycles. The molecule has 2 unspecified atom stereocenters. The van der Waals surface area contributed by atoms with Crippen LogP contribution in [0.1, 0.15) is 104 Å². The number of aromatic nitrogens is 7. The first-order chi connectivity index (χ1) is 31.0. The largest absolute Gasteiger partial charge is 0.374 e. The van der Waals surface area contributed by atoms with Crippen LogP contribution in [0.2, 0.25) is 0 Å². The van der Waals surface area contributed by atoms with E-state index in [0.717, 1.165) is 113 Å². The number of amides is 3. The fourth-order valence-corrected chi connectivity index (χ4v) is 11.5. The number of alkyl halides is 2. The highest BCUT2D eigenvalue weighted by Crippen LogP contribution is 2.45. The predicted molar refractivity (Wildman–Crippen MR) is 232 cm³/mol. The third-order valence-electron chi connectivity index (χ3n) is 15.0. The Hall–Kier alpha value is -5.53. The molecule has 4 aromatic heterocycles. The smallest absolute Gasteiger partial charge is 0.329 e. The fourth-order valence-electron chi connectivity index (χ4n) is 11.5. The van der Waals surface area contributed by atoms with E-state index < -0.39 is 30.0 Å². The van der Waals surface area contributed by atoms with Crippen molar-refractivity contribution < 1.29 is 27.9 Å². The number of benzene rings is 1. The van der Waals surface area contributed by atoms with Gasteiger partial charge in [-0.25, -0.2) is 23.1 Å². The number of para-hydroxylation sites is 1. The lowest BCUT2D eigenvalue weighted by molar-refractivity contribution is -0.135. The van der Waals surface area contributed by atoms with E-state index in [9.17, 15) is 28.0 Å². The van der Waals surface area contributed by atoms with Crippen LogP contribution in [-0.4, -0.2) is 126 Å². The van der Waals surface area contributed by atoms with Gasteiger partial charge in [0.2, 0.25) is 11.8 Å². The molecule has 2 bridgehead atoms. The summed E-state index contributed by atoms with van der Waals surface area (Å²) < 4.78 is 40.8. The van der Waals surface area contributed by atoms with E-state index in [-0.39, 0.29) is 47.5 Å². The molecule has 2 N–H and O–H groups in total. The summed E-state index contributed by atoms with van der Waals surface area (Å²) in [5.41, 5.74) is 2.69. The molecule has 8 heterocycles. The van der Waals surface area contributed by atoms with Crippen LogP contribution >= 0.6 is 0 Å². The Kier molecular flexibility index (Phi) is 10.6. The number of imidazole rings is 1. The number of rotatable bonds is 11. The van der Waals surface area contributed by atoms with Crippen molar-refractivity contribution in [2.24, 2.45) is 18.9 Å². The van der Waals surface area contributed by atoms with E-state index in [4.69, 9.17) is 9.72 Å². The minimum Gasteiger partial charge on any atom is -0.374 e. The predicted octanol–water partition coefficient (Wildman–Crippen LogP) is 4.27. The number of piperidine rings is 1. The number of imide groups is 1. The maximum Gasteiger partial charge on any atom is 0.329 e. The summed E-state index contributed by atoms with van der Waals surface area (Å²) in [6.45, 7) is 7.55. The maximum absolute atomic E-state index is 14.3. The monoisotopic (exact) mass is 880 g/mol. The second-order valence-electron chi connectivity index (χ2n) is 19.0. The normalized spacial score (nSPS) is 27.8. The molecule has 338 valence electrons. The van der Waals surface area contributed by atoms with Crippen molar-refractivity contribution in [2.45, 2.75) is 94.4 Å². The number of anilines is 2. The summed E-state index contributed by atoms with van der Waals surface area (Å²) >= 11 is 0. The van der Waals surface area contributed by atoms with Gasteiger partial charge in [-0.3, -0.25) is 33.5 Å². The van der Waals surface area contributed by atoms with Crippen LogP contribution in [0.4, 0.5) is 20.3 Å². The van der Waals surface area contributed by atoms with Crippen LogP contribution in [0.25, 0.3) is 16.7 Å². The van der Waals surface area contributed by atoms with Crippen LogP contribution in [-0.2, 0) is 21.4 Å². The summed E-state index contributed by atoms with van der Waals surface area (Å²) in [6.07, 6.45) is 9.30. The van der Waals surface area contributed by atoms with Crippen molar-refractivity contribution in [3.8, 4) is 0 Å². The van der Waals surface area contributed by atoms with Crippen LogP contribution in [0.5, 0.6) is 0 Å². The molecule has 11 rings (SSSR count). The van der Waals surface area contributed by atoms with Crippen molar-refractivity contribution in [3.05, 3.63) is 70.2 Å². The molecule has 64 heavy (non-hydrogen) atoms. The molecule has 5 aromatic rings. The number of fused-ring (bicyclic) bond motifs is 4. The van der Waals surface area contributed by atoms with E-state index in [1.165, 1.54) is 10.7 Å². The number of halogens is 2. The van der Waals surface area contributed by atoms with Gasteiger partial charge in [-0.1, -0.05) is 12.1 Å². The van der Waals surface area contributed by atoms with Crippen molar-refractivity contribution in [1.29, 1.82) is 0 Å². The number of hydrogen-bond donors (Lipinski definition) is 2. The molecule has 6 fully saturated rings. The topological polar surface area (TPSA) is 169 Å². The number of hydrogen-bond acceptors (Lipinski definition) is 11. The molecule has 2 aliphatic carbocycles. The molecule has 4 aliphatic heterocycles. The number of nitrogens with zero attached hydrogens (tertiary/aromatic N) is 10. The molecular formula is C45H54F2N12O5. The molecule has 19 heteroatoms. The Bertz CT molecular complexity index is 2670. The minimum atomic E-state index is -2.85. The average Bonchev–Trinajstić information content (AvgIpc) is 4.13. The van der Waals surface area contributed by atoms with Crippen molar-refractivity contribution in [1.82, 2.24) is 48.6 Å². The lowest BCUT2D eigenvalue weighted by atomic mass is 9.71. The minimum absolute atomic E-state index is 0.00737. The molecule has 17 nitrogen and oxygen atoms in total. The van der Waals surface area contributed by atoms with E-state index in [2.05, 4.69) is 41.6 Å². The van der Waals surface area contributed by atoms with Gasteiger partial charge in [0.25, 0.3) is 12.3 Å². The SMILES string of the molecule is Cn1c(=O)n(C2CCC(=O)NC2=O)c2cccc([C@H]3C[C@@H](CN4CCN(C[C@H]5CC[C@H](n6cc(NC(=O)c7cnn8ccc(N9C[C@H]%10CC9CO%10)nc78)c(C(F)F)n6)CC5)CC4)C3)c21. The Morgan fingerprint density at radius 3 is 2.42 bits per heavy atom. The van der Waals surface area contributed by atoms with Crippen LogP contribution < -0.4 is 21.2 Å². The quantitative estimate of drug-likeness (QED) is 0.182. The Balaban J connectivity index is 0.652. The number of aryl methyl sites for hydroxylation is 1. The summed E-state index contributed by atoms with van der Waals surface area (Å²) in [5, 5.41) is 13.7. The molecule has 1 aromatic carbocycles. The maximum atomic E-state index is 14.3. The van der Waals surface area contributed by atoms with Gasteiger partial charge in [0, 0.05) is 71.7 Å². The van der Waals surface area contributed by atoms with E-state index >= 15 is 0 Å². The van der Waals surface area contributed by atoms with Gasteiger partial charge >= 0.3 is 5.69 Å². The number of ether oxygens (including phenoxy) is 1. The number of carbonyl (C=O) groups is 3. The van der Waals surface area contributed by atoms with E-state index in [1.54, 1.807) is 33.3 Å². The molecule has 6 aliphatic rings. The second-order valence-corrected chi connectivity index (χ2v) is 19.0. The Morgan fingerprint density at radius 1 is 0.953 bits per heavy atom. The number of morpholine rings is 1. The first-order valence-electron chi connectivity index (χ1n) is 22.9. The summed E-state index contributed by atoms with van der Waals surface area (Å²) in [5.74, 6) is 0.923. The van der Waals surface area contributed by atoms with Gasteiger partial charge < -0.3 is 24.8 Å². The van der Waals surface area contributed by atoms with Gasteiger partial charge in [0.1, 0.15) is 17.4 Å². The molecular weight excluding hydrogens is 827 g/mol. The zero-order valence-electron chi connectivity index (χ0n) is 36.0. The van der Waals surface area contributed by atoms with Gasteiger partial charge in [0.05, 0.1) is 47.7 Å². The van der Waals surface area contributed by atoms with Gasteiger partial charge in [-0.05, 0) is 86.8 Å². The van der Waals surface area contributed by atoms with Crippen LogP contribution in [0, 0.1) is 11.8 Å². The highest BCUT2D eigenvalue weighted by Gasteiger charge is 2.40. The first-order valence-corrected chi connectivity index (χ1v) is 22.9. The fraction of sp³-hybridized carbons (Fsp3) is 0.578. The Labute approximate surface area is 367 Å². The second kappa shape index (κ2) is 16.5. The highest BCUT2D eigenvalue weighted by atomic mass is 19.3. The summed E-state index contributed by atoms with van der Waals surface area (Å²) in [4.78, 5) is 63.6. The standard InChI is InChI=1S/C45H54F2N12O5/c1-53-40-32(3-2-4-35(40)59(45(53)63)36-9-10-38(60)51-44(36)62)28-17-27(18-28)22-55-15-13-54(14-16-55)21-26-5-7-29(8-6-26)58-24-34(39(52-58)41(46)47)49-43(61)33-20-48-57-12-11-37(50-42(33)57)56-23-31-19-30(56)25-64-31/h2-4,11-12,20,24,26-31,36,41H,5-10,13-19,21-23,25H2,1H3,(H,49,61)(H,51,60,62)/t26-,27-,28+,29-,30?,31-,36?/m1/s1. The lowest BCUT2D eigenvalue weighted by Gasteiger charge is -2.42. The molecule has 4 saturated heterocycles. The summed E-state index contributed by atoms with van der Waals surface area (Å²) in [6, 6.07) is 7.40. The van der Waals surface area contributed by atoms with Crippen LogP contribution in [0.15, 0.2) is 47.7 Å². The number of piperazine rings is 1. The third kappa shape index (κ3) is 7.47. The van der Waals surface area contributed by atoms with Crippen molar-refractivity contribution in [3.63, 3.8) is 0 Å². The molecule has 3 atom stereocenters. The Morgan fingerprint density at radius 2 is 1.72 bits per heavy atom. The van der Waals surface area contributed by atoms with Gasteiger partial charge in [-0.15, -0.1) is 0 Å². The highest BCUT2D eigenvalue weighted by molar-refractivity contribution is 6.08. The zero-order valence-corrected chi connectivity index (χ0v) is 36.0. The number of carbonyl (C=O) groups excluding carboxylic acids is 3. The third-order valence-corrected chi connectivity index (χ3v) is 15.0. The summed E-state index contributed by atoms with van der Waals surface area (Å²) in [7, 11) is 1.77. The zero-order chi connectivity index (χ0) is 43.8. The van der Waals surface area contributed by atoms with Gasteiger partial charge in [-0.2, -0.15) is 10.2 Å². The van der Waals surface area contributed by atoms with Crippen molar-refractivity contribution in [2.75, 3.05) is 62.6 Å². The molecule has 0 spiro atoms. The number of nitrogens with one attached hydrogen (secondary N) is 2. The molecule has 3 amide bonds. The average molecular weight is 881 g/mol. The first kappa shape index (κ1) is 41.2.